The molecule has 1 saturated heterocycles. The largest absolute Gasteiger partial charge is 0.354 e. The molecule has 0 bridgehead atoms. The summed E-state index contributed by atoms with van der Waals surface area (Å²) in [5, 5.41) is 4.11. The van der Waals surface area contributed by atoms with Crippen molar-refractivity contribution in [3.05, 3.63) is 35.2 Å². The Morgan fingerprint density at radius 2 is 2.12 bits per heavy atom. The summed E-state index contributed by atoms with van der Waals surface area (Å²) in [6.07, 6.45) is 5.24. The molecule has 0 atom stereocenters. The summed E-state index contributed by atoms with van der Waals surface area (Å²) in [5.41, 5.74) is 1.83. The van der Waals surface area contributed by atoms with Crippen LogP contribution in [0.25, 0.3) is 0 Å². The van der Waals surface area contributed by atoms with Gasteiger partial charge < -0.3 is 14.0 Å². The Labute approximate surface area is 147 Å². The van der Waals surface area contributed by atoms with E-state index in [2.05, 4.69) is 15.0 Å². The molecule has 1 aliphatic heterocycles. The van der Waals surface area contributed by atoms with Gasteiger partial charge in [-0.15, -0.1) is 0 Å². The molecule has 2 aromatic rings. The monoisotopic (exact) mass is 343 g/mol. The molecule has 1 aliphatic carbocycles. The third-order valence-electron chi connectivity index (χ3n) is 5.27. The highest BCUT2D eigenvalue weighted by Crippen LogP contribution is 2.38. The van der Waals surface area contributed by atoms with Crippen LogP contribution in [-0.4, -0.2) is 56.6 Å². The minimum atomic E-state index is 0.135. The Balaban J connectivity index is 1.36. The molecule has 2 aromatic heterocycles. The van der Waals surface area contributed by atoms with E-state index in [0.717, 1.165) is 55.6 Å². The minimum absolute atomic E-state index is 0.135. The normalized spacial score (nSPS) is 19.2. The highest BCUT2D eigenvalue weighted by molar-refractivity contribution is 5.95. The molecule has 0 N–H and O–H groups in total. The fourth-order valence-corrected chi connectivity index (χ4v) is 3.37. The lowest BCUT2D eigenvalue weighted by molar-refractivity contribution is 0.0760. The average molecular weight is 343 g/mol. The first kappa shape index (κ1) is 16.3. The third kappa shape index (κ3) is 3.46. The van der Waals surface area contributed by atoms with Crippen LogP contribution in [0.1, 0.15) is 52.9 Å². The second-order valence-corrected chi connectivity index (χ2v) is 7.17. The van der Waals surface area contributed by atoms with E-state index in [-0.39, 0.29) is 5.91 Å². The molecule has 7 heteroatoms. The Morgan fingerprint density at radius 3 is 2.84 bits per heavy atom. The highest BCUT2D eigenvalue weighted by atomic mass is 16.5. The lowest BCUT2D eigenvalue weighted by Gasteiger charge is -2.21. The highest BCUT2D eigenvalue weighted by Gasteiger charge is 2.30. The summed E-state index contributed by atoms with van der Waals surface area (Å²) in [6.45, 7) is 6.01. The molecule has 1 saturated carbocycles. The number of aromatic nitrogens is 3. The van der Waals surface area contributed by atoms with E-state index in [0.29, 0.717) is 12.5 Å². The number of amides is 1. The second-order valence-electron chi connectivity index (χ2n) is 7.17. The van der Waals surface area contributed by atoms with Crippen molar-refractivity contribution in [2.24, 2.45) is 7.05 Å². The van der Waals surface area contributed by atoms with Crippen LogP contribution in [0.15, 0.2) is 16.8 Å². The van der Waals surface area contributed by atoms with Crippen LogP contribution < -0.4 is 0 Å². The molecule has 3 heterocycles. The van der Waals surface area contributed by atoms with Gasteiger partial charge in [-0.1, -0.05) is 5.16 Å². The van der Waals surface area contributed by atoms with Gasteiger partial charge in [0.05, 0.1) is 12.1 Å². The van der Waals surface area contributed by atoms with E-state index in [9.17, 15) is 4.79 Å². The summed E-state index contributed by atoms with van der Waals surface area (Å²) in [7, 11) is 1.97. The number of carbonyl (C=O) groups excluding carboxylic acids is 1. The van der Waals surface area contributed by atoms with Crippen molar-refractivity contribution < 1.29 is 9.32 Å². The van der Waals surface area contributed by atoms with Gasteiger partial charge in [0.15, 0.2) is 5.82 Å². The van der Waals surface area contributed by atoms with Crippen LogP contribution in [0.5, 0.6) is 0 Å². The molecule has 7 nitrogen and oxygen atoms in total. The van der Waals surface area contributed by atoms with Crippen molar-refractivity contribution >= 4 is 5.91 Å². The molecule has 2 aliphatic rings. The number of aryl methyl sites for hydroxylation is 1. The molecule has 25 heavy (non-hydrogen) atoms. The first-order valence-electron chi connectivity index (χ1n) is 9.08. The molecule has 0 radical (unpaired) electrons. The summed E-state index contributed by atoms with van der Waals surface area (Å²) < 4.78 is 7.33. The zero-order chi connectivity index (χ0) is 17.4. The Kier molecular flexibility index (Phi) is 4.33. The molecule has 134 valence electrons. The quantitative estimate of drug-likeness (QED) is 0.849. The summed E-state index contributed by atoms with van der Waals surface area (Å²) >= 11 is 0. The van der Waals surface area contributed by atoms with Gasteiger partial charge in [0.25, 0.3) is 5.91 Å². The zero-order valence-electron chi connectivity index (χ0n) is 14.9. The Morgan fingerprint density at radius 1 is 1.28 bits per heavy atom. The van der Waals surface area contributed by atoms with Crippen LogP contribution in [0.4, 0.5) is 0 Å². The van der Waals surface area contributed by atoms with Crippen LogP contribution in [0.3, 0.4) is 0 Å². The standard InChI is InChI=1S/C18H25N5O2/c1-13-15(6-9-21(13)2)18(24)23-8-3-7-22(10-11-23)12-16-19-17(25-20-16)14-4-5-14/h6,9,14H,3-5,7-8,10-12H2,1-2H3. The van der Waals surface area contributed by atoms with Gasteiger partial charge >= 0.3 is 0 Å². The Hall–Kier alpha value is -2.15. The van der Waals surface area contributed by atoms with Gasteiger partial charge in [-0.3, -0.25) is 9.69 Å². The Bertz CT molecular complexity index is 761. The average Bonchev–Trinajstić information content (AvgIpc) is 3.32. The van der Waals surface area contributed by atoms with Crippen molar-refractivity contribution in [1.82, 2.24) is 24.5 Å². The van der Waals surface area contributed by atoms with Crippen molar-refractivity contribution in [3.8, 4) is 0 Å². The maximum Gasteiger partial charge on any atom is 0.255 e. The molecule has 0 unspecified atom stereocenters. The molecule has 0 spiro atoms. The van der Waals surface area contributed by atoms with Crippen molar-refractivity contribution in [3.63, 3.8) is 0 Å². The summed E-state index contributed by atoms with van der Waals surface area (Å²) in [5.74, 6) is 2.19. The van der Waals surface area contributed by atoms with Crippen LogP contribution >= 0.6 is 0 Å². The molecule has 0 aromatic carbocycles. The number of rotatable bonds is 4. The van der Waals surface area contributed by atoms with E-state index >= 15 is 0 Å². The molecule has 4 rings (SSSR count). The first-order valence-corrected chi connectivity index (χ1v) is 9.08. The third-order valence-corrected chi connectivity index (χ3v) is 5.27. The van der Waals surface area contributed by atoms with Gasteiger partial charge in [0.2, 0.25) is 5.89 Å². The number of carbonyl (C=O) groups is 1. The summed E-state index contributed by atoms with van der Waals surface area (Å²) in [6, 6.07) is 1.92. The van der Waals surface area contributed by atoms with E-state index < -0.39 is 0 Å². The predicted octanol–water partition coefficient (Wildman–Crippen LogP) is 1.94. The lowest BCUT2D eigenvalue weighted by Crippen LogP contribution is -2.35. The molecule has 2 fully saturated rings. The van der Waals surface area contributed by atoms with Gasteiger partial charge in [0.1, 0.15) is 0 Å². The van der Waals surface area contributed by atoms with E-state index in [1.807, 2.05) is 35.7 Å². The van der Waals surface area contributed by atoms with Crippen molar-refractivity contribution in [2.75, 3.05) is 26.2 Å². The maximum absolute atomic E-state index is 12.8. The molecule has 1 amide bonds. The number of nitrogens with zero attached hydrogens (tertiary/aromatic N) is 5. The topological polar surface area (TPSA) is 67.4 Å². The fourth-order valence-electron chi connectivity index (χ4n) is 3.37. The van der Waals surface area contributed by atoms with Crippen LogP contribution in [-0.2, 0) is 13.6 Å². The van der Waals surface area contributed by atoms with Gasteiger partial charge in [0, 0.05) is 51.0 Å². The van der Waals surface area contributed by atoms with Crippen molar-refractivity contribution in [2.45, 2.75) is 38.6 Å². The maximum atomic E-state index is 12.8. The van der Waals surface area contributed by atoms with Gasteiger partial charge in [-0.05, 0) is 32.3 Å². The van der Waals surface area contributed by atoms with Gasteiger partial charge in [-0.2, -0.15) is 4.98 Å². The zero-order valence-corrected chi connectivity index (χ0v) is 14.9. The van der Waals surface area contributed by atoms with Crippen LogP contribution in [0, 0.1) is 6.92 Å². The molecular weight excluding hydrogens is 318 g/mol. The minimum Gasteiger partial charge on any atom is -0.354 e. The number of hydrogen-bond donors (Lipinski definition) is 0. The smallest absolute Gasteiger partial charge is 0.255 e. The van der Waals surface area contributed by atoms with Crippen LogP contribution in [0.2, 0.25) is 0 Å². The molecular formula is C18H25N5O2. The summed E-state index contributed by atoms with van der Waals surface area (Å²) in [4.78, 5) is 21.6. The lowest BCUT2D eigenvalue weighted by atomic mass is 10.2. The fraction of sp³-hybridized carbons (Fsp3) is 0.611. The predicted molar refractivity (Wildman–Crippen MR) is 92.2 cm³/mol. The first-order chi connectivity index (χ1) is 12.1. The van der Waals surface area contributed by atoms with E-state index in [4.69, 9.17) is 4.52 Å². The second kappa shape index (κ2) is 6.63. The van der Waals surface area contributed by atoms with E-state index in [1.165, 1.54) is 12.8 Å². The number of hydrogen-bond acceptors (Lipinski definition) is 5. The van der Waals surface area contributed by atoms with Crippen molar-refractivity contribution in [1.29, 1.82) is 0 Å². The SMILES string of the molecule is Cc1c(C(=O)N2CCCN(Cc3noc(C4CC4)n3)CC2)ccn1C. The van der Waals surface area contributed by atoms with E-state index in [1.54, 1.807) is 0 Å². The van der Waals surface area contributed by atoms with Gasteiger partial charge in [-0.25, -0.2) is 0 Å².